The van der Waals surface area contributed by atoms with E-state index in [1.165, 1.54) is 17.6 Å². The van der Waals surface area contributed by atoms with Gasteiger partial charge in [-0.2, -0.15) is 0 Å². The molecule has 0 fully saturated rings. The number of thioether (sulfide) groups is 1. The maximum atomic E-state index is 11.0. The third-order valence-corrected chi connectivity index (χ3v) is 3.68. The van der Waals surface area contributed by atoms with Gasteiger partial charge in [-0.25, -0.2) is 0 Å². The molecular weight excluding hydrogens is 246 g/mol. The van der Waals surface area contributed by atoms with Gasteiger partial charge in [-0.05, 0) is 26.1 Å². The van der Waals surface area contributed by atoms with Gasteiger partial charge < -0.3 is 9.64 Å². The Kier molecular flexibility index (Phi) is 6.83. The zero-order valence-corrected chi connectivity index (χ0v) is 12.1. The van der Waals surface area contributed by atoms with E-state index in [9.17, 15) is 4.79 Å². The van der Waals surface area contributed by atoms with Crippen LogP contribution in [0.25, 0.3) is 0 Å². The van der Waals surface area contributed by atoms with E-state index in [0.29, 0.717) is 6.42 Å². The number of rotatable bonds is 7. The van der Waals surface area contributed by atoms with E-state index in [-0.39, 0.29) is 5.97 Å². The fourth-order valence-corrected chi connectivity index (χ4v) is 2.42. The molecule has 0 spiro atoms. The van der Waals surface area contributed by atoms with Crippen LogP contribution in [0.15, 0.2) is 29.2 Å². The molecular formula is C14H21NO2S. The summed E-state index contributed by atoms with van der Waals surface area (Å²) in [5.41, 5.74) is 1.29. The number of ether oxygens (including phenoxy) is 1. The predicted octanol–water partition coefficient (Wildman–Crippen LogP) is 2.58. The van der Waals surface area contributed by atoms with Crippen LogP contribution in [0.4, 0.5) is 0 Å². The number of nitrogens with zero attached hydrogens (tertiary/aromatic N) is 1. The topological polar surface area (TPSA) is 29.5 Å². The van der Waals surface area contributed by atoms with E-state index in [0.717, 1.165) is 18.8 Å². The van der Waals surface area contributed by atoms with E-state index >= 15 is 0 Å². The molecule has 0 aliphatic heterocycles. The monoisotopic (exact) mass is 267 g/mol. The van der Waals surface area contributed by atoms with Crippen LogP contribution in [0.5, 0.6) is 0 Å². The first kappa shape index (κ1) is 15.1. The van der Waals surface area contributed by atoms with Crippen molar-refractivity contribution in [1.29, 1.82) is 0 Å². The van der Waals surface area contributed by atoms with E-state index in [2.05, 4.69) is 40.8 Å². The predicted molar refractivity (Wildman–Crippen MR) is 76.0 cm³/mol. The average molecular weight is 267 g/mol. The minimum absolute atomic E-state index is 0.145. The molecule has 1 aromatic rings. The number of hydrogen-bond donors (Lipinski definition) is 0. The van der Waals surface area contributed by atoms with Crippen LogP contribution in [0.3, 0.4) is 0 Å². The average Bonchev–Trinajstić information content (AvgIpc) is 2.38. The standard InChI is InChI=1S/C14H21NO2S/c1-12-4-6-13(7-5-12)18-11-10-15(2)9-8-14(16)17-3/h4-7H,8-11H2,1-3H3. The Hall–Kier alpha value is -1.00. The molecule has 0 unspecified atom stereocenters. The van der Waals surface area contributed by atoms with E-state index < -0.39 is 0 Å². The minimum atomic E-state index is -0.145. The molecule has 18 heavy (non-hydrogen) atoms. The van der Waals surface area contributed by atoms with Crippen molar-refractivity contribution in [2.75, 3.05) is 33.0 Å². The first-order chi connectivity index (χ1) is 8.61. The molecule has 100 valence electrons. The summed E-state index contributed by atoms with van der Waals surface area (Å²) in [7, 11) is 3.45. The van der Waals surface area contributed by atoms with Gasteiger partial charge in [0.1, 0.15) is 0 Å². The van der Waals surface area contributed by atoms with Gasteiger partial charge in [0, 0.05) is 23.7 Å². The quantitative estimate of drug-likeness (QED) is 0.561. The van der Waals surface area contributed by atoms with Crippen molar-refractivity contribution in [3.63, 3.8) is 0 Å². The molecule has 0 radical (unpaired) electrons. The summed E-state index contributed by atoms with van der Waals surface area (Å²) in [6.07, 6.45) is 0.461. The highest BCUT2D eigenvalue weighted by molar-refractivity contribution is 7.99. The summed E-state index contributed by atoms with van der Waals surface area (Å²) in [6, 6.07) is 8.55. The maximum Gasteiger partial charge on any atom is 0.306 e. The van der Waals surface area contributed by atoms with E-state index in [1.807, 2.05) is 18.8 Å². The lowest BCUT2D eigenvalue weighted by Gasteiger charge is -2.15. The van der Waals surface area contributed by atoms with Crippen molar-refractivity contribution in [1.82, 2.24) is 4.90 Å². The number of benzene rings is 1. The summed E-state index contributed by atoms with van der Waals surface area (Å²) in [4.78, 5) is 14.4. The Balaban J connectivity index is 2.17. The third kappa shape index (κ3) is 6.07. The van der Waals surface area contributed by atoms with Crippen LogP contribution in [0, 0.1) is 6.92 Å². The van der Waals surface area contributed by atoms with Gasteiger partial charge in [-0.15, -0.1) is 11.8 Å². The largest absolute Gasteiger partial charge is 0.469 e. The fourth-order valence-electron chi connectivity index (χ4n) is 1.45. The van der Waals surface area contributed by atoms with Gasteiger partial charge in [-0.1, -0.05) is 17.7 Å². The first-order valence-corrected chi connectivity index (χ1v) is 7.05. The SMILES string of the molecule is COC(=O)CCN(C)CCSc1ccc(C)cc1. The molecule has 0 saturated carbocycles. The van der Waals surface area contributed by atoms with Crippen LogP contribution in [-0.2, 0) is 9.53 Å². The molecule has 0 aromatic heterocycles. The summed E-state index contributed by atoms with van der Waals surface area (Å²) in [5.74, 6) is 0.883. The molecule has 4 heteroatoms. The Labute approximate surface area is 114 Å². The van der Waals surface area contributed by atoms with Crippen molar-refractivity contribution < 1.29 is 9.53 Å². The van der Waals surface area contributed by atoms with Crippen molar-refractivity contribution in [2.24, 2.45) is 0 Å². The first-order valence-electron chi connectivity index (χ1n) is 6.06. The van der Waals surface area contributed by atoms with Crippen molar-refractivity contribution in [2.45, 2.75) is 18.2 Å². The van der Waals surface area contributed by atoms with Crippen LogP contribution in [0.1, 0.15) is 12.0 Å². The molecule has 0 bridgehead atoms. The summed E-state index contributed by atoms with van der Waals surface area (Å²) >= 11 is 1.84. The molecule has 0 amide bonds. The maximum absolute atomic E-state index is 11.0. The molecule has 3 nitrogen and oxygen atoms in total. The number of esters is 1. The Morgan fingerprint density at radius 2 is 1.94 bits per heavy atom. The van der Waals surface area contributed by atoms with Gasteiger partial charge in [0.2, 0.25) is 0 Å². The second-order valence-corrected chi connectivity index (χ2v) is 5.46. The number of hydrogen-bond acceptors (Lipinski definition) is 4. The molecule has 0 saturated heterocycles. The van der Waals surface area contributed by atoms with E-state index in [4.69, 9.17) is 0 Å². The molecule has 0 atom stereocenters. The highest BCUT2D eigenvalue weighted by atomic mass is 32.2. The van der Waals surface area contributed by atoms with Crippen molar-refractivity contribution >= 4 is 17.7 Å². The number of methoxy groups -OCH3 is 1. The van der Waals surface area contributed by atoms with Gasteiger partial charge in [-0.3, -0.25) is 4.79 Å². The highest BCUT2D eigenvalue weighted by Gasteiger charge is 2.04. The van der Waals surface area contributed by atoms with Crippen LogP contribution >= 0.6 is 11.8 Å². The third-order valence-electron chi connectivity index (χ3n) is 2.69. The summed E-state index contributed by atoms with van der Waals surface area (Å²) in [6.45, 7) is 3.81. The Morgan fingerprint density at radius 1 is 1.28 bits per heavy atom. The normalized spacial score (nSPS) is 10.7. The highest BCUT2D eigenvalue weighted by Crippen LogP contribution is 2.17. The second-order valence-electron chi connectivity index (χ2n) is 4.29. The number of carbonyl (C=O) groups is 1. The zero-order valence-electron chi connectivity index (χ0n) is 11.3. The number of carbonyl (C=O) groups excluding carboxylic acids is 1. The van der Waals surface area contributed by atoms with Gasteiger partial charge >= 0.3 is 5.97 Å². The molecule has 1 aromatic carbocycles. The Bertz CT molecular complexity index is 365. The van der Waals surface area contributed by atoms with Crippen molar-refractivity contribution in [3.8, 4) is 0 Å². The molecule has 1 rings (SSSR count). The Morgan fingerprint density at radius 3 is 2.56 bits per heavy atom. The van der Waals surface area contributed by atoms with Gasteiger partial charge in [0.25, 0.3) is 0 Å². The summed E-state index contributed by atoms with van der Waals surface area (Å²) in [5, 5.41) is 0. The second kappa shape index (κ2) is 8.16. The molecule has 0 aliphatic rings. The van der Waals surface area contributed by atoms with Crippen LogP contribution < -0.4 is 0 Å². The molecule has 0 N–H and O–H groups in total. The van der Waals surface area contributed by atoms with E-state index in [1.54, 1.807) is 0 Å². The summed E-state index contributed by atoms with van der Waals surface area (Å²) < 4.78 is 4.61. The molecule has 0 heterocycles. The van der Waals surface area contributed by atoms with Crippen molar-refractivity contribution in [3.05, 3.63) is 29.8 Å². The number of aryl methyl sites for hydroxylation is 1. The lowest BCUT2D eigenvalue weighted by Crippen LogP contribution is -2.24. The van der Waals surface area contributed by atoms with Gasteiger partial charge in [0.05, 0.1) is 13.5 Å². The lowest BCUT2D eigenvalue weighted by atomic mass is 10.2. The zero-order chi connectivity index (χ0) is 13.4. The van der Waals surface area contributed by atoms with Crippen LogP contribution in [-0.4, -0.2) is 43.9 Å². The fraction of sp³-hybridized carbons (Fsp3) is 0.500. The lowest BCUT2D eigenvalue weighted by molar-refractivity contribution is -0.140. The minimum Gasteiger partial charge on any atom is -0.469 e. The molecule has 0 aliphatic carbocycles. The smallest absolute Gasteiger partial charge is 0.306 e. The van der Waals surface area contributed by atoms with Gasteiger partial charge in [0.15, 0.2) is 0 Å². The van der Waals surface area contributed by atoms with Crippen LogP contribution in [0.2, 0.25) is 0 Å².